The lowest BCUT2D eigenvalue weighted by Crippen LogP contribution is -2.23. The average molecular weight is 660 g/mol. The number of benzene rings is 3. The second kappa shape index (κ2) is 12.6. The molecule has 0 bridgehead atoms. The van der Waals surface area contributed by atoms with Crippen molar-refractivity contribution in [3.8, 4) is 11.5 Å². The molecule has 38 heavy (non-hydrogen) atoms. The van der Waals surface area contributed by atoms with E-state index in [1.54, 1.807) is 37.4 Å². The van der Waals surface area contributed by atoms with E-state index >= 15 is 0 Å². The molecule has 0 spiro atoms. The minimum absolute atomic E-state index is 0.166. The Bertz CT molecular complexity index is 1410. The van der Waals surface area contributed by atoms with Gasteiger partial charge >= 0.3 is 5.97 Å². The van der Waals surface area contributed by atoms with Crippen LogP contribution in [0.3, 0.4) is 0 Å². The summed E-state index contributed by atoms with van der Waals surface area (Å²) in [4.78, 5) is 31.2. The van der Waals surface area contributed by atoms with E-state index in [1.807, 2.05) is 43.3 Å². The Morgan fingerprint density at radius 2 is 1.71 bits per heavy atom. The molecule has 0 aliphatic carbocycles. The normalized spacial score (nSPS) is 15.3. The zero-order valence-corrected chi connectivity index (χ0v) is 24.9. The van der Waals surface area contributed by atoms with Crippen LogP contribution >= 0.6 is 43.6 Å². The van der Waals surface area contributed by atoms with Crippen molar-refractivity contribution in [2.24, 2.45) is 4.99 Å². The van der Waals surface area contributed by atoms with Crippen LogP contribution in [0.1, 0.15) is 28.4 Å². The molecule has 1 fully saturated rings. The molecule has 0 aromatic heterocycles. The number of hydrogen-bond donors (Lipinski definition) is 0. The predicted molar refractivity (Wildman–Crippen MR) is 157 cm³/mol. The molecule has 1 amide bonds. The zero-order chi connectivity index (χ0) is 27.2. The van der Waals surface area contributed by atoms with Gasteiger partial charge in [0.05, 0.1) is 29.9 Å². The molecule has 0 unspecified atom stereocenters. The third-order valence-corrected chi connectivity index (χ3v) is 7.75. The van der Waals surface area contributed by atoms with Gasteiger partial charge in [-0.25, -0.2) is 9.79 Å². The summed E-state index contributed by atoms with van der Waals surface area (Å²) < 4.78 is 18.4. The Balaban J connectivity index is 1.56. The number of aliphatic imine (C=N–C) groups is 1. The first kappa shape index (κ1) is 27.9. The number of amides is 1. The number of ether oxygens (including phenoxy) is 3. The standard InChI is InChI=1S/C28H24Br2N2O5S/c1-4-36-23-13-19(22(30)15-24(23)37-16-17-5-9-20(29)10-6-17)14-25-26(33)32(2)28(38-25)31-21-11-7-18(8-12-21)27(34)35-3/h5-15H,4,16H2,1-3H3/b25-14-,31-28?. The second-order valence-corrected chi connectivity index (χ2v) is 10.9. The molecule has 7 nitrogen and oxygen atoms in total. The topological polar surface area (TPSA) is 77.4 Å². The Morgan fingerprint density at radius 1 is 1.03 bits per heavy atom. The fraction of sp³-hybridized carbons (Fsp3) is 0.179. The van der Waals surface area contributed by atoms with E-state index in [0.29, 0.717) is 46.0 Å². The Labute approximate surface area is 242 Å². The molecule has 1 aliphatic heterocycles. The van der Waals surface area contributed by atoms with Crippen molar-refractivity contribution in [3.63, 3.8) is 0 Å². The van der Waals surface area contributed by atoms with Crippen molar-refractivity contribution in [2.45, 2.75) is 13.5 Å². The Kier molecular flexibility index (Phi) is 9.30. The van der Waals surface area contributed by atoms with Gasteiger partial charge in [-0.1, -0.05) is 44.0 Å². The number of esters is 1. The molecule has 10 heteroatoms. The molecule has 0 radical (unpaired) electrons. The fourth-order valence-electron chi connectivity index (χ4n) is 3.48. The van der Waals surface area contributed by atoms with Gasteiger partial charge in [-0.05, 0) is 84.4 Å². The van der Waals surface area contributed by atoms with Crippen molar-refractivity contribution in [3.05, 3.63) is 91.2 Å². The summed E-state index contributed by atoms with van der Waals surface area (Å²) in [7, 11) is 3.01. The SMILES string of the molecule is CCOc1cc(/C=C2\SC(=Nc3ccc(C(=O)OC)cc3)N(C)C2=O)c(Br)cc1OCc1ccc(Br)cc1. The molecule has 1 saturated heterocycles. The molecular formula is C28H24Br2N2O5S. The van der Waals surface area contributed by atoms with Gasteiger partial charge in [-0.2, -0.15) is 0 Å². The molecule has 1 aliphatic rings. The lowest BCUT2D eigenvalue weighted by molar-refractivity contribution is -0.121. The minimum Gasteiger partial charge on any atom is -0.490 e. The highest BCUT2D eigenvalue weighted by Gasteiger charge is 2.30. The largest absolute Gasteiger partial charge is 0.490 e. The van der Waals surface area contributed by atoms with Gasteiger partial charge < -0.3 is 14.2 Å². The van der Waals surface area contributed by atoms with E-state index < -0.39 is 5.97 Å². The Morgan fingerprint density at radius 3 is 2.37 bits per heavy atom. The minimum atomic E-state index is -0.418. The van der Waals surface area contributed by atoms with Crippen LogP contribution < -0.4 is 9.47 Å². The number of halogens is 2. The maximum Gasteiger partial charge on any atom is 0.337 e. The van der Waals surface area contributed by atoms with E-state index in [4.69, 9.17) is 14.2 Å². The first-order valence-electron chi connectivity index (χ1n) is 11.6. The number of amidine groups is 1. The summed E-state index contributed by atoms with van der Waals surface area (Å²) in [5.41, 5.74) is 2.85. The number of carbonyl (C=O) groups excluding carboxylic acids is 2. The molecule has 0 N–H and O–H groups in total. The van der Waals surface area contributed by atoms with Gasteiger partial charge in [0, 0.05) is 16.0 Å². The number of rotatable bonds is 8. The van der Waals surface area contributed by atoms with Gasteiger partial charge in [0.15, 0.2) is 16.7 Å². The van der Waals surface area contributed by atoms with E-state index in [1.165, 1.54) is 23.8 Å². The predicted octanol–water partition coefficient (Wildman–Crippen LogP) is 7.21. The van der Waals surface area contributed by atoms with E-state index in [0.717, 1.165) is 20.1 Å². The van der Waals surface area contributed by atoms with Gasteiger partial charge in [-0.3, -0.25) is 9.69 Å². The van der Waals surface area contributed by atoms with Crippen LogP contribution in [0.4, 0.5) is 5.69 Å². The van der Waals surface area contributed by atoms with Crippen LogP contribution in [0, 0.1) is 0 Å². The number of methoxy groups -OCH3 is 1. The molecule has 0 atom stereocenters. The molecule has 0 saturated carbocycles. The van der Waals surface area contributed by atoms with Crippen molar-refractivity contribution < 1.29 is 23.8 Å². The van der Waals surface area contributed by atoms with Gasteiger partial charge in [-0.15, -0.1) is 0 Å². The number of nitrogens with zero attached hydrogens (tertiary/aromatic N) is 2. The monoisotopic (exact) mass is 658 g/mol. The van der Waals surface area contributed by atoms with Crippen molar-refractivity contribution >= 4 is 72.4 Å². The second-order valence-electron chi connectivity index (χ2n) is 8.08. The van der Waals surface area contributed by atoms with E-state index in [2.05, 4.69) is 36.9 Å². The van der Waals surface area contributed by atoms with Crippen LogP contribution in [-0.4, -0.2) is 42.7 Å². The smallest absolute Gasteiger partial charge is 0.337 e. The summed E-state index contributed by atoms with van der Waals surface area (Å²) in [5.74, 6) is 0.603. The first-order valence-corrected chi connectivity index (χ1v) is 14.0. The molecule has 1 heterocycles. The molecule has 3 aromatic rings. The highest BCUT2D eigenvalue weighted by Crippen LogP contribution is 2.38. The van der Waals surface area contributed by atoms with Crippen LogP contribution in [0.2, 0.25) is 0 Å². The summed E-state index contributed by atoms with van der Waals surface area (Å²) in [6.07, 6.45) is 1.80. The highest BCUT2D eigenvalue weighted by molar-refractivity contribution is 9.10. The van der Waals surface area contributed by atoms with Crippen molar-refractivity contribution in [2.75, 3.05) is 20.8 Å². The van der Waals surface area contributed by atoms with Crippen LogP contribution in [0.25, 0.3) is 6.08 Å². The van der Waals surface area contributed by atoms with Gasteiger partial charge in [0.2, 0.25) is 0 Å². The van der Waals surface area contributed by atoms with Crippen LogP contribution in [0.5, 0.6) is 11.5 Å². The zero-order valence-electron chi connectivity index (χ0n) is 20.9. The fourth-order valence-corrected chi connectivity index (χ4v) is 5.16. The summed E-state index contributed by atoms with van der Waals surface area (Å²) in [5, 5.41) is 0.530. The van der Waals surface area contributed by atoms with E-state index in [9.17, 15) is 9.59 Å². The average Bonchev–Trinajstić information content (AvgIpc) is 3.18. The summed E-state index contributed by atoms with van der Waals surface area (Å²) >= 11 is 8.33. The van der Waals surface area contributed by atoms with E-state index in [-0.39, 0.29) is 5.91 Å². The van der Waals surface area contributed by atoms with Crippen molar-refractivity contribution in [1.29, 1.82) is 0 Å². The number of likely N-dealkylation sites (N-methyl/N-ethyl adjacent to an activating group) is 1. The molecule has 3 aromatic carbocycles. The molecule has 196 valence electrons. The summed E-state index contributed by atoms with van der Waals surface area (Å²) in [6.45, 7) is 2.76. The van der Waals surface area contributed by atoms with Gasteiger partial charge in [0.25, 0.3) is 5.91 Å². The quantitative estimate of drug-likeness (QED) is 0.188. The number of hydrogen-bond acceptors (Lipinski definition) is 7. The first-order chi connectivity index (χ1) is 18.3. The lowest BCUT2D eigenvalue weighted by atomic mass is 10.1. The maximum absolute atomic E-state index is 13.0. The summed E-state index contributed by atoms with van der Waals surface area (Å²) in [6, 6.07) is 18.3. The lowest BCUT2D eigenvalue weighted by Gasteiger charge is -2.14. The van der Waals surface area contributed by atoms with Crippen molar-refractivity contribution in [1.82, 2.24) is 4.90 Å². The van der Waals surface area contributed by atoms with Crippen LogP contribution in [0.15, 0.2) is 79.5 Å². The van der Waals surface area contributed by atoms with Crippen LogP contribution in [-0.2, 0) is 16.1 Å². The third-order valence-electron chi connectivity index (χ3n) is 5.47. The number of carbonyl (C=O) groups is 2. The number of thioether (sulfide) groups is 1. The molecular weight excluding hydrogens is 636 g/mol. The third kappa shape index (κ3) is 6.67. The van der Waals surface area contributed by atoms with Gasteiger partial charge in [0.1, 0.15) is 6.61 Å². The maximum atomic E-state index is 13.0. The highest BCUT2D eigenvalue weighted by atomic mass is 79.9. The Hall–Kier alpha value is -3.08. The molecule has 4 rings (SSSR count).